The second kappa shape index (κ2) is 11.6. The number of esters is 1. The Labute approximate surface area is 158 Å². The number of carbonyl (C=O) groups is 2. The molecule has 0 spiro atoms. The molecule has 0 aromatic heterocycles. The van der Waals surface area contributed by atoms with Gasteiger partial charge in [-0.2, -0.15) is 0 Å². The maximum Gasteiger partial charge on any atom is 0.349 e. The van der Waals surface area contributed by atoms with Crippen molar-refractivity contribution in [1.29, 1.82) is 0 Å². The molecule has 0 heterocycles. The van der Waals surface area contributed by atoms with Crippen LogP contribution in [0.5, 0.6) is 0 Å². The van der Waals surface area contributed by atoms with Crippen LogP contribution in [0, 0.1) is 0 Å². The number of carbonyl (C=O) groups excluding carboxylic acids is 2. The summed E-state index contributed by atoms with van der Waals surface area (Å²) in [5.41, 5.74) is 1.06. The Morgan fingerprint density at radius 3 is 2.50 bits per heavy atom. The van der Waals surface area contributed by atoms with Gasteiger partial charge in [-0.15, -0.1) is 0 Å². The number of hydrogen-bond donors (Lipinski definition) is 1. The van der Waals surface area contributed by atoms with E-state index in [1.54, 1.807) is 25.1 Å². The molecule has 144 valence electrons. The van der Waals surface area contributed by atoms with E-state index >= 15 is 0 Å². The van der Waals surface area contributed by atoms with Crippen molar-refractivity contribution in [2.75, 3.05) is 26.9 Å². The topological polar surface area (TPSA) is 86.2 Å². The van der Waals surface area contributed by atoms with Crippen LogP contribution in [0.2, 0.25) is 5.02 Å². The van der Waals surface area contributed by atoms with Gasteiger partial charge in [0, 0.05) is 18.2 Å². The Bertz CT molecular complexity index is 630. The van der Waals surface area contributed by atoms with E-state index in [0.29, 0.717) is 29.5 Å². The van der Waals surface area contributed by atoms with E-state index in [4.69, 9.17) is 21.1 Å². The monoisotopic (exact) mass is 384 g/mol. The second-order valence-electron chi connectivity index (χ2n) is 5.29. The van der Waals surface area contributed by atoms with Crippen LogP contribution in [-0.4, -0.2) is 51.2 Å². The van der Waals surface area contributed by atoms with E-state index in [2.05, 4.69) is 15.0 Å². The van der Waals surface area contributed by atoms with Crippen molar-refractivity contribution < 1.29 is 23.8 Å². The molecule has 8 heteroatoms. The van der Waals surface area contributed by atoms with E-state index < -0.39 is 18.2 Å². The third-order valence-corrected chi connectivity index (χ3v) is 3.75. The lowest BCUT2D eigenvalue weighted by atomic mass is 9.98. The lowest BCUT2D eigenvalue weighted by Crippen LogP contribution is -2.37. The van der Waals surface area contributed by atoms with Gasteiger partial charge in [0.15, 0.2) is 6.29 Å². The normalized spacial score (nSPS) is 12.4. The van der Waals surface area contributed by atoms with Crippen molar-refractivity contribution >= 4 is 35.4 Å². The van der Waals surface area contributed by atoms with Crippen molar-refractivity contribution in [3.63, 3.8) is 0 Å². The number of rotatable bonds is 10. The number of hydrogen-bond acceptors (Lipinski definition) is 6. The average Bonchev–Trinajstić information content (AvgIpc) is 2.63. The highest BCUT2D eigenvalue weighted by Crippen LogP contribution is 2.30. The minimum Gasteiger partial charge on any atom is -0.465 e. The molecule has 1 unspecified atom stereocenters. The number of benzene rings is 1. The number of ether oxygens (including phenoxy) is 3. The predicted molar refractivity (Wildman–Crippen MR) is 100 cm³/mol. The number of nitrogens with one attached hydrogen (secondary N) is 1. The fourth-order valence-corrected chi connectivity index (χ4v) is 2.35. The lowest BCUT2D eigenvalue weighted by molar-refractivity contribution is -0.140. The average molecular weight is 385 g/mol. The van der Waals surface area contributed by atoms with Crippen molar-refractivity contribution in [3.8, 4) is 0 Å². The third kappa shape index (κ3) is 7.11. The molecule has 1 amide bonds. The highest BCUT2D eigenvalue weighted by molar-refractivity contribution is 6.31. The summed E-state index contributed by atoms with van der Waals surface area (Å²) in [6, 6.07) is 4.96. The van der Waals surface area contributed by atoms with Crippen molar-refractivity contribution in [1.82, 2.24) is 5.32 Å². The number of nitrogens with zero attached hydrogens (tertiary/aromatic N) is 1. The van der Waals surface area contributed by atoms with Gasteiger partial charge in [0.1, 0.15) is 6.21 Å². The standard InChI is InChI=1S/C18H25ClN2O5/c1-5-25-17(26-6-2)11-21-18(23)12(3)14-8-7-13(19)9-15(14)20-10-16(22)24-4/h7-10,12,17H,5-6,11H2,1-4H3,(H,21,23)/b20-10-. The smallest absolute Gasteiger partial charge is 0.349 e. The molecule has 7 nitrogen and oxygen atoms in total. The highest BCUT2D eigenvalue weighted by atomic mass is 35.5. The second-order valence-corrected chi connectivity index (χ2v) is 5.73. The Kier molecular flexibility index (Phi) is 9.87. The summed E-state index contributed by atoms with van der Waals surface area (Å²) in [4.78, 5) is 27.8. The molecule has 0 saturated heterocycles. The molecule has 1 aromatic carbocycles. The Balaban J connectivity index is 2.87. The molecule has 26 heavy (non-hydrogen) atoms. The Hall–Kier alpha value is -1.96. The van der Waals surface area contributed by atoms with Gasteiger partial charge in [-0.3, -0.25) is 4.79 Å². The SMILES string of the molecule is CCOC(CNC(=O)C(C)c1ccc(Cl)cc1/N=C\C(=O)OC)OCC. The highest BCUT2D eigenvalue weighted by Gasteiger charge is 2.20. The molecule has 0 aliphatic carbocycles. The predicted octanol–water partition coefficient (Wildman–Crippen LogP) is 2.83. The van der Waals surface area contributed by atoms with E-state index in [9.17, 15) is 9.59 Å². The van der Waals surface area contributed by atoms with Crippen LogP contribution in [0.4, 0.5) is 5.69 Å². The first-order chi connectivity index (χ1) is 12.4. The van der Waals surface area contributed by atoms with Gasteiger partial charge in [0.25, 0.3) is 0 Å². The molecule has 1 aromatic rings. The number of halogens is 1. The van der Waals surface area contributed by atoms with Crippen LogP contribution in [0.25, 0.3) is 0 Å². The minimum absolute atomic E-state index is 0.216. The van der Waals surface area contributed by atoms with Crippen LogP contribution >= 0.6 is 11.6 Å². The summed E-state index contributed by atoms with van der Waals surface area (Å²) in [6.07, 6.45) is 0.545. The van der Waals surface area contributed by atoms with E-state index in [0.717, 1.165) is 6.21 Å². The first-order valence-corrected chi connectivity index (χ1v) is 8.73. The maximum absolute atomic E-state index is 12.5. The van der Waals surface area contributed by atoms with Crippen molar-refractivity contribution in [3.05, 3.63) is 28.8 Å². The molecule has 0 aliphatic heterocycles. The molecule has 1 rings (SSSR count). The summed E-state index contributed by atoms with van der Waals surface area (Å²) in [5, 5.41) is 3.25. The third-order valence-electron chi connectivity index (χ3n) is 3.51. The van der Waals surface area contributed by atoms with Gasteiger partial charge in [0.05, 0.1) is 25.3 Å². The molecular weight excluding hydrogens is 360 g/mol. The fourth-order valence-electron chi connectivity index (χ4n) is 2.19. The Morgan fingerprint density at radius 1 is 1.27 bits per heavy atom. The quantitative estimate of drug-likeness (QED) is 0.381. The molecule has 0 aliphatic rings. The van der Waals surface area contributed by atoms with Gasteiger partial charge >= 0.3 is 5.97 Å². The first kappa shape index (κ1) is 22.1. The summed E-state index contributed by atoms with van der Waals surface area (Å²) >= 11 is 6.00. The molecule has 0 fully saturated rings. The van der Waals surface area contributed by atoms with Crippen molar-refractivity contribution in [2.45, 2.75) is 33.0 Å². The van der Waals surface area contributed by atoms with E-state index in [1.165, 1.54) is 7.11 Å². The summed E-state index contributed by atoms with van der Waals surface area (Å²) in [5.74, 6) is -1.32. The number of aliphatic imine (C=N–C) groups is 1. The van der Waals surface area contributed by atoms with E-state index in [1.807, 2.05) is 13.8 Å². The molecule has 1 atom stereocenters. The minimum atomic E-state index is -0.593. The fraction of sp³-hybridized carbons (Fsp3) is 0.500. The molecule has 1 N–H and O–H groups in total. The van der Waals surface area contributed by atoms with Gasteiger partial charge in [-0.05, 0) is 38.5 Å². The molecule has 0 radical (unpaired) electrons. The maximum atomic E-state index is 12.5. The van der Waals surface area contributed by atoms with Crippen LogP contribution < -0.4 is 5.32 Å². The van der Waals surface area contributed by atoms with Crippen LogP contribution in [0.3, 0.4) is 0 Å². The lowest BCUT2D eigenvalue weighted by Gasteiger charge is -2.19. The zero-order valence-corrected chi connectivity index (χ0v) is 16.2. The molecule has 0 bridgehead atoms. The number of amides is 1. The Morgan fingerprint density at radius 2 is 1.92 bits per heavy atom. The first-order valence-electron chi connectivity index (χ1n) is 8.35. The zero-order valence-electron chi connectivity index (χ0n) is 15.5. The van der Waals surface area contributed by atoms with Gasteiger partial charge in [0.2, 0.25) is 5.91 Å². The molecular formula is C18H25ClN2O5. The van der Waals surface area contributed by atoms with Gasteiger partial charge < -0.3 is 19.5 Å². The largest absolute Gasteiger partial charge is 0.465 e. The van der Waals surface area contributed by atoms with Crippen LogP contribution in [0.15, 0.2) is 23.2 Å². The van der Waals surface area contributed by atoms with Gasteiger partial charge in [-0.25, -0.2) is 9.79 Å². The van der Waals surface area contributed by atoms with Crippen molar-refractivity contribution in [2.24, 2.45) is 4.99 Å². The van der Waals surface area contributed by atoms with Gasteiger partial charge in [-0.1, -0.05) is 17.7 Å². The van der Waals surface area contributed by atoms with E-state index in [-0.39, 0.29) is 12.5 Å². The molecule has 0 saturated carbocycles. The summed E-state index contributed by atoms with van der Waals surface area (Å²) in [6.45, 7) is 6.66. The summed E-state index contributed by atoms with van der Waals surface area (Å²) in [7, 11) is 1.26. The van der Waals surface area contributed by atoms with Crippen LogP contribution in [-0.2, 0) is 23.8 Å². The summed E-state index contributed by atoms with van der Waals surface area (Å²) < 4.78 is 15.3. The zero-order chi connectivity index (χ0) is 19.5. The van der Waals surface area contributed by atoms with Crippen LogP contribution in [0.1, 0.15) is 32.3 Å². The number of methoxy groups -OCH3 is 1.